The number of anilines is 1. The number of aryl methyl sites for hydroxylation is 1. The smallest absolute Gasteiger partial charge is 0.128 e. The van der Waals surface area contributed by atoms with Crippen LogP contribution in [-0.4, -0.2) is 16.9 Å². The first-order valence-electron chi connectivity index (χ1n) is 5.17. The third-order valence-electron chi connectivity index (χ3n) is 2.75. The predicted molar refractivity (Wildman–Crippen MR) is 69.4 cm³/mol. The number of nitrogens with zero attached hydrogens (tertiary/aromatic N) is 2. The second-order valence-corrected chi connectivity index (χ2v) is 4.23. The first-order valence-corrected chi connectivity index (χ1v) is 5.55. The highest BCUT2D eigenvalue weighted by atomic mass is 35.5. The molecule has 0 aliphatic heterocycles. The van der Waals surface area contributed by atoms with Gasteiger partial charge in [-0.3, -0.25) is 4.68 Å². The summed E-state index contributed by atoms with van der Waals surface area (Å²) in [5, 5.41) is 5.03. The van der Waals surface area contributed by atoms with Gasteiger partial charge >= 0.3 is 0 Å². The Balaban J connectivity index is 2.68. The van der Waals surface area contributed by atoms with Crippen LogP contribution in [0.4, 0.5) is 5.82 Å². The summed E-state index contributed by atoms with van der Waals surface area (Å²) in [5.41, 5.74) is 8.37. The summed E-state index contributed by atoms with van der Waals surface area (Å²) in [6.07, 6.45) is 0. The molecule has 0 saturated heterocycles. The summed E-state index contributed by atoms with van der Waals surface area (Å²) in [7, 11) is 3.42. The summed E-state index contributed by atoms with van der Waals surface area (Å²) in [6.45, 7) is 1.94. The zero-order valence-corrected chi connectivity index (χ0v) is 10.7. The lowest BCUT2D eigenvalue weighted by Gasteiger charge is -2.10. The van der Waals surface area contributed by atoms with Gasteiger partial charge < -0.3 is 10.5 Å². The summed E-state index contributed by atoms with van der Waals surface area (Å²) in [6, 6.07) is 5.45. The molecule has 0 bridgehead atoms. The van der Waals surface area contributed by atoms with Crippen LogP contribution in [0.3, 0.4) is 0 Å². The van der Waals surface area contributed by atoms with E-state index in [2.05, 4.69) is 5.10 Å². The molecule has 1 heterocycles. The summed E-state index contributed by atoms with van der Waals surface area (Å²) >= 11 is 6.12. The Morgan fingerprint density at radius 2 is 2.12 bits per heavy atom. The van der Waals surface area contributed by atoms with E-state index in [0.717, 1.165) is 22.6 Å². The maximum absolute atomic E-state index is 6.12. The Bertz CT molecular complexity index is 544. The van der Waals surface area contributed by atoms with Crippen LogP contribution in [-0.2, 0) is 7.05 Å². The van der Waals surface area contributed by atoms with E-state index in [9.17, 15) is 0 Å². The van der Waals surface area contributed by atoms with Crippen LogP contribution in [0.5, 0.6) is 5.75 Å². The van der Waals surface area contributed by atoms with Crippen LogP contribution in [0, 0.1) is 6.92 Å². The lowest BCUT2D eigenvalue weighted by molar-refractivity contribution is 0.416. The molecule has 0 unspecified atom stereocenters. The molecule has 90 valence electrons. The Labute approximate surface area is 105 Å². The third kappa shape index (κ3) is 1.96. The predicted octanol–water partition coefficient (Wildman–Crippen LogP) is 2.64. The van der Waals surface area contributed by atoms with Crippen molar-refractivity contribution >= 4 is 17.4 Å². The Kier molecular flexibility index (Phi) is 2.98. The molecule has 1 aromatic heterocycles. The van der Waals surface area contributed by atoms with Gasteiger partial charge in [-0.25, -0.2) is 0 Å². The molecule has 5 heteroatoms. The van der Waals surface area contributed by atoms with E-state index in [1.807, 2.05) is 19.1 Å². The zero-order chi connectivity index (χ0) is 12.6. The first-order chi connectivity index (χ1) is 8.04. The van der Waals surface area contributed by atoms with Crippen molar-refractivity contribution in [2.45, 2.75) is 6.92 Å². The SMILES string of the molecule is COc1ccc(Cl)c(C)c1-c1cc(N)n(C)n1. The van der Waals surface area contributed by atoms with Gasteiger partial charge in [0.25, 0.3) is 0 Å². The molecule has 0 fully saturated rings. The molecule has 2 aromatic rings. The van der Waals surface area contributed by atoms with E-state index in [4.69, 9.17) is 22.1 Å². The number of nitrogen functional groups attached to an aromatic ring is 1. The van der Waals surface area contributed by atoms with Crippen molar-refractivity contribution in [2.75, 3.05) is 12.8 Å². The van der Waals surface area contributed by atoms with Crippen LogP contribution >= 0.6 is 11.6 Å². The molecule has 2 rings (SSSR count). The molecular formula is C12H14ClN3O. The average molecular weight is 252 g/mol. The fourth-order valence-corrected chi connectivity index (χ4v) is 1.91. The Morgan fingerprint density at radius 1 is 1.41 bits per heavy atom. The van der Waals surface area contributed by atoms with E-state index in [0.29, 0.717) is 10.8 Å². The second-order valence-electron chi connectivity index (χ2n) is 3.83. The summed E-state index contributed by atoms with van der Waals surface area (Å²) in [5.74, 6) is 1.34. The first kappa shape index (κ1) is 11.8. The maximum atomic E-state index is 6.12. The normalized spacial score (nSPS) is 10.6. The highest BCUT2D eigenvalue weighted by Crippen LogP contribution is 2.36. The molecule has 2 N–H and O–H groups in total. The van der Waals surface area contributed by atoms with Gasteiger partial charge in [-0.2, -0.15) is 5.10 Å². The summed E-state index contributed by atoms with van der Waals surface area (Å²) < 4.78 is 6.96. The molecule has 0 saturated carbocycles. The number of ether oxygens (including phenoxy) is 1. The number of halogens is 1. The van der Waals surface area contributed by atoms with Crippen molar-refractivity contribution in [1.29, 1.82) is 0 Å². The molecule has 17 heavy (non-hydrogen) atoms. The van der Waals surface area contributed by atoms with Gasteiger partial charge in [0.1, 0.15) is 11.6 Å². The highest BCUT2D eigenvalue weighted by molar-refractivity contribution is 6.31. The average Bonchev–Trinajstić information content (AvgIpc) is 2.62. The largest absolute Gasteiger partial charge is 0.496 e. The number of aromatic nitrogens is 2. The topological polar surface area (TPSA) is 53.1 Å². The molecule has 4 nitrogen and oxygen atoms in total. The standard InChI is InChI=1S/C12H14ClN3O/c1-7-8(13)4-5-10(17-3)12(7)9-6-11(14)16(2)15-9/h4-6H,14H2,1-3H3. The van der Waals surface area contributed by atoms with Gasteiger partial charge in [-0.05, 0) is 24.6 Å². The van der Waals surface area contributed by atoms with E-state index in [1.165, 1.54) is 0 Å². The van der Waals surface area contributed by atoms with Gasteiger partial charge in [0.05, 0.1) is 12.8 Å². The zero-order valence-electron chi connectivity index (χ0n) is 9.99. The second kappa shape index (κ2) is 4.30. The minimum atomic E-state index is 0.599. The van der Waals surface area contributed by atoms with Gasteiger partial charge in [0.2, 0.25) is 0 Å². The highest BCUT2D eigenvalue weighted by Gasteiger charge is 2.15. The minimum absolute atomic E-state index is 0.599. The van der Waals surface area contributed by atoms with Gasteiger partial charge in [0, 0.05) is 23.7 Å². The molecule has 1 aromatic carbocycles. The lowest BCUT2D eigenvalue weighted by Crippen LogP contribution is -1.97. The van der Waals surface area contributed by atoms with Gasteiger partial charge in [-0.1, -0.05) is 11.6 Å². The maximum Gasteiger partial charge on any atom is 0.128 e. The number of hydrogen-bond acceptors (Lipinski definition) is 3. The van der Waals surface area contributed by atoms with Crippen LogP contribution in [0.15, 0.2) is 18.2 Å². The molecule has 0 radical (unpaired) electrons. The molecule has 0 amide bonds. The number of nitrogens with two attached hydrogens (primary N) is 1. The monoisotopic (exact) mass is 251 g/mol. The van der Waals surface area contributed by atoms with E-state index >= 15 is 0 Å². The molecule has 0 aliphatic carbocycles. The minimum Gasteiger partial charge on any atom is -0.496 e. The fraction of sp³-hybridized carbons (Fsp3) is 0.250. The molecule has 0 atom stereocenters. The summed E-state index contributed by atoms with van der Waals surface area (Å²) in [4.78, 5) is 0. The third-order valence-corrected chi connectivity index (χ3v) is 3.16. The van der Waals surface area contributed by atoms with Crippen molar-refractivity contribution in [2.24, 2.45) is 7.05 Å². The quantitative estimate of drug-likeness (QED) is 0.893. The van der Waals surface area contributed by atoms with Gasteiger partial charge in [0.15, 0.2) is 0 Å². The van der Waals surface area contributed by atoms with E-state index in [1.54, 1.807) is 24.9 Å². The molecule has 0 aliphatic rings. The van der Waals surface area contributed by atoms with E-state index in [-0.39, 0.29) is 0 Å². The van der Waals surface area contributed by atoms with E-state index < -0.39 is 0 Å². The van der Waals surface area contributed by atoms with Crippen molar-refractivity contribution in [3.05, 3.63) is 28.8 Å². The van der Waals surface area contributed by atoms with Crippen LogP contribution in [0.25, 0.3) is 11.3 Å². The number of hydrogen-bond donors (Lipinski definition) is 1. The molecular weight excluding hydrogens is 238 g/mol. The van der Waals surface area contributed by atoms with Gasteiger partial charge in [-0.15, -0.1) is 0 Å². The van der Waals surface area contributed by atoms with Crippen molar-refractivity contribution in [3.8, 4) is 17.0 Å². The van der Waals surface area contributed by atoms with Crippen molar-refractivity contribution in [1.82, 2.24) is 9.78 Å². The number of rotatable bonds is 2. The van der Waals surface area contributed by atoms with Crippen LogP contribution in [0.1, 0.15) is 5.56 Å². The Morgan fingerprint density at radius 3 is 2.65 bits per heavy atom. The lowest BCUT2D eigenvalue weighted by atomic mass is 10.0. The number of benzene rings is 1. The van der Waals surface area contributed by atoms with Crippen LogP contribution < -0.4 is 10.5 Å². The van der Waals surface area contributed by atoms with Crippen LogP contribution in [0.2, 0.25) is 5.02 Å². The fourth-order valence-electron chi connectivity index (χ4n) is 1.75. The molecule has 0 spiro atoms. The number of methoxy groups -OCH3 is 1. The Hall–Kier alpha value is -1.68. The van der Waals surface area contributed by atoms with Crippen molar-refractivity contribution in [3.63, 3.8) is 0 Å². The van der Waals surface area contributed by atoms with Crippen molar-refractivity contribution < 1.29 is 4.74 Å².